The maximum absolute atomic E-state index is 12.5. The van der Waals surface area contributed by atoms with Gasteiger partial charge in [-0.2, -0.15) is 0 Å². The van der Waals surface area contributed by atoms with Crippen LogP contribution in [0.25, 0.3) is 10.8 Å². The molecule has 2 heteroatoms. The smallest absolute Gasteiger partial charge is 0.252 e. The summed E-state index contributed by atoms with van der Waals surface area (Å²) in [6.45, 7) is 6.56. The number of amides is 1. The molecule has 1 atom stereocenters. The van der Waals surface area contributed by atoms with Crippen LogP contribution in [0.2, 0.25) is 0 Å². The molecular weight excluding hydrogens is 258 g/mol. The summed E-state index contributed by atoms with van der Waals surface area (Å²) in [7, 11) is 0. The Morgan fingerprint density at radius 1 is 1.00 bits per heavy atom. The van der Waals surface area contributed by atoms with Crippen molar-refractivity contribution in [3.05, 3.63) is 48.0 Å². The Kier molecular flexibility index (Phi) is 5.38. The molecule has 0 fully saturated rings. The molecule has 1 unspecified atom stereocenters. The van der Waals surface area contributed by atoms with E-state index in [-0.39, 0.29) is 11.9 Å². The van der Waals surface area contributed by atoms with Crippen LogP contribution < -0.4 is 5.32 Å². The third kappa shape index (κ3) is 4.32. The Labute approximate surface area is 127 Å². The van der Waals surface area contributed by atoms with Crippen LogP contribution in [-0.2, 0) is 0 Å². The van der Waals surface area contributed by atoms with Gasteiger partial charge < -0.3 is 5.32 Å². The largest absolute Gasteiger partial charge is 0.350 e. The zero-order valence-electron chi connectivity index (χ0n) is 13.2. The Hall–Kier alpha value is -1.83. The summed E-state index contributed by atoms with van der Waals surface area (Å²) in [4.78, 5) is 12.5. The molecule has 21 heavy (non-hydrogen) atoms. The van der Waals surface area contributed by atoms with E-state index in [1.54, 1.807) is 0 Å². The topological polar surface area (TPSA) is 29.1 Å². The minimum Gasteiger partial charge on any atom is -0.350 e. The second-order valence-corrected chi connectivity index (χ2v) is 6.23. The summed E-state index contributed by atoms with van der Waals surface area (Å²) in [5.74, 6) is 0.759. The average Bonchev–Trinajstić information content (AvgIpc) is 2.46. The van der Waals surface area contributed by atoms with Crippen LogP contribution in [0.3, 0.4) is 0 Å². The summed E-state index contributed by atoms with van der Waals surface area (Å²) >= 11 is 0. The lowest BCUT2D eigenvalue weighted by molar-refractivity contribution is 0.0939. The molecule has 0 spiro atoms. The van der Waals surface area contributed by atoms with Crippen molar-refractivity contribution in [3.63, 3.8) is 0 Å². The fraction of sp³-hybridized carbons (Fsp3) is 0.421. The fourth-order valence-corrected chi connectivity index (χ4v) is 2.63. The minimum atomic E-state index is 0.0313. The van der Waals surface area contributed by atoms with Crippen molar-refractivity contribution in [2.24, 2.45) is 5.92 Å². The van der Waals surface area contributed by atoms with Crippen molar-refractivity contribution in [1.82, 2.24) is 5.32 Å². The van der Waals surface area contributed by atoms with Crippen molar-refractivity contribution in [3.8, 4) is 0 Å². The highest BCUT2D eigenvalue weighted by Gasteiger charge is 2.12. The highest BCUT2D eigenvalue weighted by molar-refractivity contribution is 6.07. The van der Waals surface area contributed by atoms with Gasteiger partial charge in [0, 0.05) is 11.6 Å². The molecule has 0 radical (unpaired) electrons. The second kappa shape index (κ2) is 7.26. The standard InChI is InChI=1S/C19H25NO/c1-14(2)8-6-9-15(3)20-19(21)18-13-7-11-16-10-4-5-12-17(16)18/h4-5,7,10-15H,6,8-9H2,1-3H3,(H,20,21). The number of carbonyl (C=O) groups is 1. The lowest BCUT2D eigenvalue weighted by Crippen LogP contribution is -2.32. The molecule has 0 saturated carbocycles. The summed E-state index contributed by atoms with van der Waals surface area (Å²) < 4.78 is 0. The highest BCUT2D eigenvalue weighted by Crippen LogP contribution is 2.18. The van der Waals surface area contributed by atoms with E-state index in [1.165, 1.54) is 6.42 Å². The first kappa shape index (κ1) is 15.6. The number of benzene rings is 2. The molecule has 0 aliphatic heterocycles. The van der Waals surface area contributed by atoms with Crippen LogP contribution in [0.15, 0.2) is 42.5 Å². The van der Waals surface area contributed by atoms with Crippen LogP contribution in [-0.4, -0.2) is 11.9 Å². The van der Waals surface area contributed by atoms with Gasteiger partial charge in [0.25, 0.3) is 5.91 Å². The first-order valence-corrected chi connectivity index (χ1v) is 7.86. The molecule has 112 valence electrons. The Morgan fingerprint density at radius 2 is 1.71 bits per heavy atom. The van der Waals surface area contributed by atoms with Gasteiger partial charge in [0.2, 0.25) is 0 Å². The molecule has 0 aliphatic carbocycles. The first-order chi connectivity index (χ1) is 10.1. The lowest BCUT2D eigenvalue weighted by atomic mass is 10.0. The van der Waals surface area contributed by atoms with Gasteiger partial charge in [-0.25, -0.2) is 0 Å². The maximum atomic E-state index is 12.5. The van der Waals surface area contributed by atoms with Gasteiger partial charge in [0.15, 0.2) is 0 Å². The molecule has 1 amide bonds. The molecule has 2 rings (SSSR count). The van der Waals surface area contributed by atoms with Gasteiger partial charge in [-0.05, 0) is 36.1 Å². The van der Waals surface area contributed by atoms with Gasteiger partial charge in [-0.1, -0.05) is 63.1 Å². The van der Waals surface area contributed by atoms with Crippen LogP contribution in [0, 0.1) is 5.92 Å². The molecule has 2 nitrogen and oxygen atoms in total. The summed E-state index contributed by atoms with van der Waals surface area (Å²) in [6.07, 6.45) is 3.41. The Bertz CT molecular complexity index is 598. The normalized spacial score (nSPS) is 12.6. The first-order valence-electron chi connectivity index (χ1n) is 7.86. The predicted octanol–water partition coefficient (Wildman–Crippen LogP) is 4.78. The van der Waals surface area contributed by atoms with E-state index in [0.29, 0.717) is 0 Å². The number of carbonyl (C=O) groups excluding carboxylic acids is 1. The summed E-state index contributed by atoms with van der Waals surface area (Å²) in [6, 6.07) is 14.1. The van der Waals surface area contributed by atoms with Gasteiger partial charge in [0.1, 0.15) is 0 Å². The van der Waals surface area contributed by atoms with E-state index in [1.807, 2.05) is 42.5 Å². The van der Waals surface area contributed by atoms with E-state index in [0.717, 1.165) is 35.1 Å². The predicted molar refractivity (Wildman–Crippen MR) is 89.6 cm³/mol. The molecule has 0 heterocycles. The van der Waals surface area contributed by atoms with E-state index in [4.69, 9.17) is 0 Å². The van der Waals surface area contributed by atoms with Crippen molar-refractivity contribution in [1.29, 1.82) is 0 Å². The van der Waals surface area contributed by atoms with Crippen LogP contribution in [0.4, 0.5) is 0 Å². The van der Waals surface area contributed by atoms with Crippen molar-refractivity contribution in [2.45, 2.75) is 46.1 Å². The second-order valence-electron chi connectivity index (χ2n) is 6.23. The van der Waals surface area contributed by atoms with Crippen LogP contribution in [0.1, 0.15) is 50.4 Å². The van der Waals surface area contributed by atoms with Gasteiger partial charge in [-0.3, -0.25) is 4.79 Å². The van der Waals surface area contributed by atoms with Gasteiger partial charge in [0.05, 0.1) is 0 Å². The summed E-state index contributed by atoms with van der Waals surface area (Å²) in [5.41, 5.74) is 0.767. The van der Waals surface area contributed by atoms with E-state index in [9.17, 15) is 4.79 Å². The third-order valence-corrected chi connectivity index (χ3v) is 3.83. The highest BCUT2D eigenvalue weighted by atomic mass is 16.1. The average molecular weight is 283 g/mol. The van der Waals surface area contributed by atoms with Crippen molar-refractivity contribution >= 4 is 16.7 Å². The van der Waals surface area contributed by atoms with Crippen molar-refractivity contribution in [2.75, 3.05) is 0 Å². The zero-order chi connectivity index (χ0) is 15.2. The zero-order valence-corrected chi connectivity index (χ0v) is 13.2. The molecule has 0 bridgehead atoms. The van der Waals surface area contributed by atoms with Gasteiger partial charge in [-0.15, -0.1) is 0 Å². The Morgan fingerprint density at radius 3 is 2.48 bits per heavy atom. The third-order valence-electron chi connectivity index (χ3n) is 3.83. The number of hydrogen-bond donors (Lipinski definition) is 1. The molecular formula is C19H25NO. The SMILES string of the molecule is CC(C)CCCC(C)NC(=O)c1cccc2ccccc12. The van der Waals surface area contributed by atoms with Crippen molar-refractivity contribution < 1.29 is 4.79 Å². The van der Waals surface area contributed by atoms with E-state index in [2.05, 4.69) is 26.1 Å². The molecule has 0 saturated heterocycles. The Balaban J connectivity index is 2.02. The quantitative estimate of drug-likeness (QED) is 0.811. The molecule has 0 aliphatic rings. The minimum absolute atomic E-state index is 0.0313. The number of nitrogens with one attached hydrogen (secondary N) is 1. The van der Waals surface area contributed by atoms with Crippen LogP contribution in [0.5, 0.6) is 0 Å². The molecule has 2 aromatic carbocycles. The number of fused-ring (bicyclic) bond motifs is 1. The van der Waals surface area contributed by atoms with Gasteiger partial charge >= 0.3 is 0 Å². The monoisotopic (exact) mass is 283 g/mol. The maximum Gasteiger partial charge on any atom is 0.252 e. The van der Waals surface area contributed by atoms with E-state index < -0.39 is 0 Å². The lowest BCUT2D eigenvalue weighted by Gasteiger charge is -2.15. The number of rotatable bonds is 6. The number of hydrogen-bond acceptors (Lipinski definition) is 1. The molecule has 2 aromatic rings. The summed E-state index contributed by atoms with van der Waals surface area (Å²) in [5, 5.41) is 5.25. The van der Waals surface area contributed by atoms with E-state index >= 15 is 0 Å². The molecule has 0 aromatic heterocycles. The molecule has 1 N–H and O–H groups in total. The fourth-order valence-electron chi connectivity index (χ4n) is 2.63. The van der Waals surface area contributed by atoms with Crippen LogP contribution >= 0.6 is 0 Å².